The first-order valence-electron chi connectivity index (χ1n) is 6.70. The van der Waals surface area contributed by atoms with Gasteiger partial charge in [-0.2, -0.15) is 0 Å². The molecule has 1 aromatic rings. The van der Waals surface area contributed by atoms with Crippen LogP contribution in [0.3, 0.4) is 0 Å². The van der Waals surface area contributed by atoms with Crippen molar-refractivity contribution in [2.45, 2.75) is 33.0 Å². The molecule has 0 heterocycles. The highest BCUT2D eigenvalue weighted by Gasteiger charge is 2.12. The van der Waals surface area contributed by atoms with E-state index in [1.165, 1.54) is 0 Å². The van der Waals surface area contributed by atoms with Crippen molar-refractivity contribution in [1.29, 1.82) is 0 Å². The maximum absolute atomic E-state index is 11.9. The minimum atomic E-state index is -0.111. The number of ether oxygens (including phenoxy) is 2. The number of hydrogen-bond acceptors (Lipinski definition) is 3. The van der Waals surface area contributed by atoms with Crippen molar-refractivity contribution in [1.82, 2.24) is 5.32 Å². The van der Waals surface area contributed by atoms with Crippen LogP contribution in [0.25, 0.3) is 0 Å². The lowest BCUT2D eigenvalue weighted by Gasteiger charge is -2.19. The van der Waals surface area contributed by atoms with Gasteiger partial charge in [-0.25, -0.2) is 0 Å². The van der Waals surface area contributed by atoms with E-state index >= 15 is 0 Å². The first-order valence-corrected chi connectivity index (χ1v) is 6.70. The molecule has 1 N–H and O–H groups in total. The molecular weight excluding hydrogens is 242 g/mol. The van der Waals surface area contributed by atoms with Crippen LogP contribution >= 0.6 is 0 Å². The molecule has 1 atom stereocenters. The van der Waals surface area contributed by atoms with Crippen LogP contribution < -0.4 is 5.32 Å². The molecule has 1 aromatic carbocycles. The highest BCUT2D eigenvalue weighted by molar-refractivity contribution is 5.94. The summed E-state index contributed by atoms with van der Waals surface area (Å²) in [6, 6.07) is 9.15. The highest BCUT2D eigenvalue weighted by Crippen LogP contribution is 2.00. The van der Waals surface area contributed by atoms with Crippen LogP contribution in [-0.2, 0) is 9.47 Å². The summed E-state index contributed by atoms with van der Waals surface area (Å²) in [4.78, 5) is 11.9. The molecular formula is C15H23NO3. The number of rotatable bonds is 8. The number of benzene rings is 1. The molecule has 0 aliphatic carbocycles. The summed E-state index contributed by atoms with van der Waals surface area (Å²) in [6.45, 7) is 7.43. The maximum Gasteiger partial charge on any atom is 0.251 e. The van der Waals surface area contributed by atoms with Crippen LogP contribution in [-0.4, -0.2) is 37.9 Å². The van der Waals surface area contributed by atoms with Gasteiger partial charge in [-0.1, -0.05) is 18.2 Å². The van der Waals surface area contributed by atoms with E-state index in [0.29, 0.717) is 25.3 Å². The van der Waals surface area contributed by atoms with Crippen molar-refractivity contribution in [2.24, 2.45) is 0 Å². The Hall–Kier alpha value is -1.39. The SMILES string of the molecule is CCOC(CNC(=O)c1ccccc1)COC(C)C. The van der Waals surface area contributed by atoms with E-state index < -0.39 is 0 Å². The Morgan fingerprint density at radius 3 is 2.47 bits per heavy atom. The fourth-order valence-corrected chi connectivity index (χ4v) is 1.60. The summed E-state index contributed by atoms with van der Waals surface area (Å²) >= 11 is 0. The van der Waals surface area contributed by atoms with Crippen molar-refractivity contribution in [3.8, 4) is 0 Å². The summed E-state index contributed by atoms with van der Waals surface area (Å²) in [5, 5.41) is 2.86. The number of hydrogen-bond donors (Lipinski definition) is 1. The fourth-order valence-electron chi connectivity index (χ4n) is 1.60. The standard InChI is InChI=1S/C15H23NO3/c1-4-18-14(11-19-12(2)3)10-16-15(17)13-8-6-5-7-9-13/h5-9,12,14H,4,10-11H2,1-3H3,(H,16,17). The quantitative estimate of drug-likeness (QED) is 0.784. The molecule has 4 heteroatoms. The van der Waals surface area contributed by atoms with Crippen LogP contribution in [0.1, 0.15) is 31.1 Å². The predicted molar refractivity (Wildman–Crippen MR) is 75.3 cm³/mol. The van der Waals surface area contributed by atoms with Gasteiger partial charge in [0.1, 0.15) is 0 Å². The third-order valence-electron chi connectivity index (χ3n) is 2.54. The molecule has 0 spiro atoms. The van der Waals surface area contributed by atoms with Crippen molar-refractivity contribution < 1.29 is 14.3 Å². The Labute approximate surface area is 115 Å². The molecule has 1 amide bonds. The predicted octanol–water partition coefficient (Wildman–Crippen LogP) is 2.25. The van der Waals surface area contributed by atoms with Crippen LogP contribution in [0, 0.1) is 0 Å². The molecule has 0 saturated carbocycles. The van der Waals surface area contributed by atoms with Gasteiger partial charge in [-0.3, -0.25) is 4.79 Å². The van der Waals surface area contributed by atoms with E-state index in [1.807, 2.05) is 39.0 Å². The van der Waals surface area contributed by atoms with Crippen LogP contribution in [0.15, 0.2) is 30.3 Å². The van der Waals surface area contributed by atoms with E-state index in [-0.39, 0.29) is 18.1 Å². The molecule has 0 aliphatic rings. The van der Waals surface area contributed by atoms with Gasteiger partial charge < -0.3 is 14.8 Å². The molecule has 1 unspecified atom stereocenters. The van der Waals surface area contributed by atoms with Gasteiger partial charge in [0.2, 0.25) is 0 Å². The van der Waals surface area contributed by atoms with Gasteiger partial charge in [0.15, 0.2) is 0 Å². The summed E-state index contributed by atoms with van der Waals surface area (Å²) in [5.41, 5.74) is 0.655. The number of amides is 1. The van der Waals surface area contributed by atoms with Gasteiger partial charge in [-0.15, -0.1) is 0 Å². The Morgan fingerprint density at radius 2 is 1.89 bits per heavy atom. The Bertz CT molecular complexity index is 365. The summed E-state index contributed by atoms with van der Waals surface area (Å²) < 4.78 is 11.1. The summed E-state index contributed by atoms with van der Waals surface area (Å²) in [6.07, 6.45) is 0.0489. The second-order valence-electron chi connectivity index (χ2n) is 4.54. The van der Waals surface area contributed by atoms with Gasteiger partial charge >= 0.3 is 0 Å². The third-order valence-corrected chi connectivity index (χ3v) is 2.54. The van der Waals surface area contributed by atoms with Gasteiger partial charge in [0, 0.05) is 18.7 Å². The second kappa shape index (κ2) is 8.67. The largest absolute Gasteiger partial charge is 0.376 e. The topological polar surface area (TPSA) is 47.6 Å². The Balaban J connectivity index is 2.40. The highest BCUT2D eigenvalue weighted by atomic mass is 16.5. The summed E-state index contributed by atoms with van der Waals surface area (Å²) in [5.74, 6) is -0.0881. The first kappa shape index (κ1) is 15.7. The van der Waals surface area contributed by atoms with E-state index in [9.17, 15) is 4.79 Å². The zero-order chi connectivity index (χ0) is 14.1. The number of carbonyl (C=O) groups excluding carboxylic acids is 1. The van der Waals surface area contributed by atoms with E-state index in [4.69, 9.17) is 9.47 Å². The second-order valence-corrected chi connectivity index (χ2v) is 4.54. The first-order chi connectivity index (χ1) is 9.13. The smallest absolute Gasteiger partial charge is 0.251 e. The normalized spacial score (nSPS) is 12.4. The van der Waals surface area contributed by atoms with Crippen LogP contribution in [0.2, 0.25) is 0 Å². The van der Waals surface area contributed by atoms with E-state index in [1.54, 1.807) is 12.1 Å². The molecule has 0 bridgehead atoms. The average Bonchev–Trinajstić information content (AvgIpc) is 2.42. The van der Waals surface area contributed by atoms with E-state index in [0.717, 1.165) is 0 Å². The number of nitrogens with one attached hydrogen (secondary N) is 1. The monoisotopic (exact) mass is 265 g/mol. The Kier molecular flexibility index (Phi) is 7.15. The van der Waals surface area contributed by atoms with Crippen molar-refractivity contribution in [3.05, 3.63) is 35.9 Å². The van der Waals surface area contributed by atoms with Gasteiger partial charge in [0.25, 0.3) is 5.91 Å². The minimum Gasteiger partial charge on any atom is -0.376 e. The average molecular weight is 265 g/mol. The van der Waals surface area contributed by atoms with E-state index in [2.05, 4.69) is 5.32 Å². The Morgan fingerprint density at radius 1 is 1.21 bits per heavy atom. The summed E-state index contributed by atoms with van der Waals surface area (Å²) in [7, 11) is 0. The number of carbonyl (C=O) groups is 1. The molecule has 0 fully saturated rings. The molecule has 19 heavy (non-hydrogen) atoms. The molecule has 0 aliphatic heterocycles. The molecule has 0 radical (unpaired) electrons. The zero-order valence-corrected chi connectivity index (χ0v) is 11.9. The lowest BCUT2D eigenvalue weighted by molar-refractivity contribution is -0.0293. The molecule has 0 saturated heterocycles. The third kappa shape index (κ3) is 6.36. The molecule has 4 nitrogen and oxygen atoms in total. The van der Waals surface area contributed by atoms with Crippen molar-refractivity contribution in [3.63, 3.8) is 0 Å². The molecule has 106 valence electrons. The van der Waals surface area contributed by atoms with Crippen molar-refractivity contribution >= 4 is 5.91 Å². The van der Waals surface area contributed by atoms with Crippen LogP contribution in [0.4, 0.5) is 0 Å². The zero-order valence-electron chi connectivity index (χ0n) is 11.9. The van der Waals surface area contributed by atoms with Gasteiger partial charge in [0.05, 0.1) is 18.8 Å². The lowest BCUT2D eigenvalue weighted by atomic mass is 10.2. The van der Waals surface area contributed by atoms with Gasteiger partial charge in [-0.05, 0) is 32.9 Å². The lowest BCUT2D eigenvalue weighted by Crippen LogP contribution is -2.37. The van der Waals surface area contributed by atoms with Crippen molar-refractivity contribution in [2.75, 3.05) is 19.8 Å². The molecule has 1 rings (SSSR count). The fraction of sp³-hybridized carbons (Fsp3) is 0.533. The molecule has 0 aromatic heterocycles. The maximum atomic E-state index is 11.9. The van der Waals surface area contributed by atoms with Crippen LogP contribution in [0.5, 0.6) is 0 Å². The minimum absolute atomic E-state index is 0.0881.